The zero-order chi connectivity index (χ0) is 24.6. The Labute approximate surface area is 210 Å². The topological polar surface area (TPSA) is 81.9 Å². The molecule has 182 valence electrons. The SMILES string of the molecule is COc1ccc2nc(OCC3CCN(C(=O)c4cc5c(ccc6ccccc65)oc4=O)CC3)sc2c1. The van der Waals surface area contributed by atoms with Gasteiger partial charge in [0.1, 0.15) is 16.9 Å². The number of thiazole rings is 1. The average molecular weight is 501 g/mol. The summed E-state index contributed by atoms with van der Waals surface area (Å²) < 4.78 is 17.8. The molecule has 1 saturated heterocycles. The van der Waals surface area contributed by atoms with Crippen molar-refractivity contribution in [2.45, 2.75) is 12.8 Å². The fourth-order valence-corrected chi connectivity index (χ4v) is 5.61. The van der Waals surface area contributed by atoms with Gasteiger partial charge in [0.05, 0.1) is 23.9 Å². The highest BCUT2D eigenvalue weighted by Crippen LogP contribution is 2.31. The molecule has 0 atom stereocenters. The molecule has 0 radical (unpaired) electrons. The molecule has 0 unspecified atom stereocenters. The molecule has 1 aliphatic rings. The van der Waals surface area contributed by atoms with Crippen LogP contribution in [0, 0.1) is 5.92 Å². The van der Waals surface area contributed by atoms with Crippen LogP contribution in [-0.2, 0) is 0 Å². The van der Waals surface area contributed by atoms with E-state index in [1.807, 2.05) is 48.5 Å². The molecular weight excluding hydrogens is 476 g/mol. The summed E-state index contributed by atoms with van der Waals surface area (Å²) in [6, 6.07) is 19.0. The summed E-state index contributed by atoms with van der Waals surface area (Å²) in [5, 5.41) is 3.40. The van der Waals surface area contributed by atoms with Crippen molar-refractivity contribution in [2.24, 2.45) is 5.92 Å². The molecule has 1 amide bonds. The molecule has 0 bridgehead atoms. The van der Waals surface area contributed by atoms with Gasteiger partial charge in [-0.15, -0.1) is 0 Å². The number of hydrogen-bond donors (Lipinski definition) is 0. The van der Waals surface area contributed by atoms with Gasteiger partial charge in [0.25, 0.3) is 11.1 Å². The number of amides is 1. The molecular formula is C28H24N2O5S. The fourth-order valence-electron chi connectivity index (χ4n) is 4.76. The van der Waals surface area contributed by atoms with Crippen LogP contribution in [0.4, 0.5) is 0 Å². The lowest BCUT2D eigenvalue weighted by Crippen LogP contribution is -2.41. The highest BCUT2D eigenvalue weighted by atomic mass is 32.1. The summed E-state index contributed by atoms with van der Waals surface area (Å²) in [7, 11) is 1.64. The molecule has 1 aliphatic heterocycles. The van der Waals surface area contributed by atoms with Crippen LogP contribution >= 0.6 is 11.3 Å². The number of carbonyl (C=O) groups is 1. The lowest BCUT2D eigenvalue weighted by molar-refractivity contribution is 0.0657. The van der Waals surface area contributed by atoms with Crippen LogP contribution in [0.15, 0.2) is 69.9 Å². The summed E-state index contributed by atoms with van der Waals surface area (Å²) >= 11 is 1.50. The number of carbonyl (C=O) groups excluding carboxylic acids is 1. The predicted octanol–water partition coefficient (Wildman–Crippen LogP) is 5.50. The van der Waals surface area contributed by atoms with Crippen molar-refractivity contribution in [1.29, 1.82) is 0 Å². The summed E-state index contributed by atoms with van der Waals surface area (Å²) in [6.07, 6.45) is 1.60. The number of ether oxygens (including phenoxy) is 2. The summed E-state index contributed by atoms with van der Waals surface area (Å²) in [6.45, 7) is 1.68. The lowest BCUT2D eigenvalue weighted by Gasteiger charge is -2.31. The van der Waals surface area contributed by atoms with Crippen molar-refractivity contribution in [3.8, 4) is 10.9 Å². The third-order valence-corrected chi connectivity index (χ3v) is 7.72. The zero-order valence-electron chi connectivity index (χ0n) is 19.7. The molecule has 36 heavy (non-hydrogen) atoms. The monoisotopic (exact) mass is 500 g/mol. The number of nitrogens with zero attached hydrogens (tertiary/aromatic N) is 2. The molecule has 8 heteroatoms. The second-order valence-electron chi connectivity index (χ2n) is 9.01. The van der Waals surface area contributed by atoms with Gasteiger partial charge in [-0.25, -0.2) is 9.78 Å². The van der Waals surface area contributed by atoms with E-state index in [0.717, 1.165) is 45.0 Å². The van der Waals surface area contributed by atoms with Crippen LogP contribution in [0.25, 0.3) is 32.0 Å². The molecule has 6 rings (SSSR count). The van der Waals surface area contributed by atoms with E-state index >= 15 is 0 Å². The van der Waals surface area contributed by atoms with E-state index < -0.39 is 5.63 Å². The summed E-state index contributed by atoms with van der Waals surface area (Å²) in [5.74, 6) is 0.828. The minimum atomic E-state index is -0.597. The molecule has 2 aromatic heterocycles. The van der Waals surface area contributed by atoms with Crippen LogP contribution in [0.3, 0.4) is 0 Å². The number of benzene rings is 3. The first-order valence-corrected chi connectivity index (χ1v) is 12.7. The molecule has 0 saturated carbocycles. The van der Waals surface area contributed by atoms with E-state index in [1.54, 1.807) is 24.1 Å². The maximum atomic E-state index is 13.3. The molecule has 1 fully saturated rings. The summed E-state index contributed by atoms with van der Waals surface area (Å²) in [4.78, 5) is 32.2. The molecule has 3 aromatic carbocycles. The van der Waals surface area contributed by atoms with Gasteiger partial charge in [0.15, 0.2) is 0 Å². The Balaban J connectivity index is 1.13. The largest absolute Gasteiger partial charge is 0.497 e. The third kappa shape index (κ3) is 4.18. The Kier molecular flexibility index (Phi) is 5.81. The first-order chi connectivity index (χ1) is 17.6. The van der Waals surface area contributed by atoms with Crippen LogP contribution in [0.2, 0.25) is 0 Å². The van der Waals surface area contributed by atoms with Crippen molar-refractivity contribution in [3.63, 3.8) is 0 Å². The second kappa shape index (κ2) is 9.28. The van der Waals surface area contributed by atoms with Gasteiger partial charge in [-0.2, -0.15) is 0 Å². The number of methoxy groups -OCH3 is 1. The maximum absolute atomic E-state index is 13.3. The highest BCUT2D eigenvalue weighted by Gasteiger charge is 2.27. The van der Waals surface area contributed by atoms with Crippen molar-refractivity contribution < 1.29 is 18.7 Å². The Morgan fingerprint density at radius 2 is 1.92 bits per heavy atom. The minimum Gasteiger partial charge on any atom is -0.497 e. The normalized spacial score (nSPS) is 14.5. The van der Waals surface area contributed by atoms with Crippen LogP contribution < -0.4 is 15.1 Å². The van der Waals surface area contributed by atoms with Crippen molar-refractivity contribution in [1.82, 2.24) is 9.88 Å². The minimum absolute atomic E-state index is 0.0819. The third-order valence-electron chi connectivity index (χ3n) is 6.79. The Morgan fingerprint density at radius 1 is 1.08 bits per heavy atom. The quantitative estimate of drug-likeness (QED) is 0.234. The number of hydrogen-bond acceptors (Lipinski definition) is 7. The molecule has 0 N–H and O–H groups in total. The average Bonchev–Trinajstić information content (AvgIpc) is 3.33. The van der Waals surface area contributed by atoms with Crippen LogP contribution in [0.1, 0.15) is 23.2 Å². The van der Waals surface area contributed by atoms with Crippen LogP contribution in [-0.4, -0.2) is 42.6 Å². The highest BCUT2D eigenvalue weighted by molar-refractivity contribution is 7.20. The number of rotatable bonds is 5. The van der Waals surface area contributed by atoms with Gasteiger partial charge in [0.2, 0.25) is 0 Å². The van der Waals surface area contributed by atoms with E-state index in [4.69, 9.17) is 13.9 Å². The van der Waals surface area contributed by atoms with Gasteiger partial charge >= 0.3 is 5.63 Å². The molecule has 3 heterocycles. The van der Waals surface area contributed by atoms with E-state index in [9.17, 15) is 9.59 Å². The number of likely N-dealkylation sites (tertiary alicyclic amines) is 1. The first-order valence-electron chi connectivity index (χ1n) is 11.9. The van der Waals surface area contributed by atoms with Crippen molar-refractivity contribution in [2.75, 3.05) is 26.8 Å². The number of fused-ring (bicyclic) bond motifs is 4. The van der Waals surface area contributed by atoms with Gasteiger partial charge in [-0.3, -0.25) is 4.79 Å². The van der Waals surface area contributed by atoms with E-state index in [2.05, 4.69) is 4.98 Å². The molecule has 0 aliphatic carbocycles. The van der Waals surface area contributed by atoms with Crippen molar-refractivity contribution >= 4 is 49.2 Å². The Hall–Kier alpha value is -3.91. The molecule has 5 aromatic rings. The second-order valence-corrected chi connectivity index (χ2v) is 10.00. The lowest BCUT2D eigenvalue weighted by atomic mass is 9.97. The van der Waals surface area contributed by atoms with Crippen molar-refractivity contribution in [3.05, 3.63) is 76.6 Å². The van der Waals surface area contributed by atoms with Crippen LogP contribution in [0.5, 0.6) is 10.9 Å². The van der Waals surface area contributed by atoms with Gasteiger partial charge in [-0.05, 0) is 59.9 Å². The number of piperidine rings is 1. The predicted molar refractivity (Wildman–Crippen MR) is 140 cm³/mol. The summed E-state index contributed by atoms with van der Waals surface area (Å²) in [5.41, 5.74) is 0.858. The van der Waals surface area contributed by atoms with Gasteiger partial charge in [-0.1, -0.05) is 41.7 Å². The Morgan fingerprint density at radius 3 is 2.75 bits per heavy atom. The molecule has 7 nitrogen and oxygen atoms in total. The Bertz CT molecular complexity index is 1650. The standard InChI is InChI=1S/C28H24N2O5S/c1-33-19-7-8-23-25(14-19)36-28(29-23)34-16-17-10-12-30(13-11-17)26(31)22-15-21-20-5-3-2-4-18(20)6-9-24(21)35-27(22)32/h2-9,14-15,17H,10-13,16H2,1H3. The van der Waals surface area contributed by atoms with E-state index in [-0.39, 0.29) is 11.5 Å². The zero-order valence-corrected chi connectivity index (χ0v) is 20.5. The van der Waals surface area contributed by atoms with E-state index in [0.29, 0.717) is 36.4 Å². The smallest absolute Gasteiger partial charge is 0.349 e. The first kappa shape index (κ1) is 22.5. The molecule has 0 spiro atoms. The fraction of sp³-hybridized carbons (Fsp3) is 0.250. The maximum Gasteiger partial charge on any atom is 0.349 e. The van der Waals surface area contributed by atoms with Gasteiger partial charge in [0, 0.05) is 18.5 Å². The van der Waals surface area contributed by atoms with Gasteiger partial charge < -0.3 is 18.8 Å². The number of aromatic nitrogens is 1. The van der Waals surface area contributed by atoms with E-state index in [1.165, 1.54) is 11.3 Å².